The summed E-state index contributed by atoms with van der Waals surface area (Å²) in [5, 5.41) is 7.82. The van der Waals surface area contributed by atoms with Crippen LogP contribution in [0, 0.1) is 12.7 Å². The zero-order chi connectivity index (χ0) is 25.4. The molecule has 0 atom stereocenters. The van der Waals surface area contributed by atoms with Crippen LogP contribution in [0.25, 0.3) is 0 Å². The van der Waals surface area contributed by atoms with Gasteiger partial charge in [0.25, 0.3) is 0 Å². The van der Waals surface area contributed by atoms with Crippen LogP contribution < -0.4 is 20.9 Å². The van der Waals surface area contributed by atoms with Crippen LogP contribution in [0.4, 0.5) is 44.2 Å². The van der Waals surface area contributed by atoms with Gasteiger partial charge in [0.2, 0.25) is 0 Å². The number of carbonyl (C=O) groups is 2. The Kier molecular flexibility index (Phi) is 8.30. The Balaban J connectivity index is 1.62. The van der Waals surface area contributed by atoms with Gasteiger partial charge in [0, 0.05) is 30.2 Å². The third-order valence-corrected chi connectivity index (χ3v) is 4.98. The van der Waals surface area contributed by atoms with E-state index >= 15 is 0 Å². The molecule has 3 N–H and O–H groups in total. The van der Waals surface area contributed by atoms with Crippen LogP contribution >= 0.6 is 0 Å². The normalized spacial score (nSPS) is 11.0. The van der Waals surface area contributed by atoms with Gasteiger partial charge < -0.3 is 16.0 Å². The molecule has 4 amide bonds. The van der Waals surface area contributed by atoms with Gasteiger partial charge >= 0.3 is 18.2 Å². The third-order valence-electron chi connectivity index (χ3n) is 4.98. The Labute approximate surface area is 199 Å². The molecule has 0 radical (unpaired) electrons. The highest BCUT2D eigenvalue weighted by Gasteiger charge is 2.30. The fourth-order valence-corrected chi connectivity index (χ4v) is 3.18. The van der Waals surface area contributed by atoms with Crippen LogP contribution in [0.3, 0.4) is 0 Å². The average molecular weight is 488 g/mol. The maximum Gasteiger partial charge on any atom is 0.416 e. The van der Waals surface area contributed by atoms with Gasteiger partial charge in [-0.2, -0.15) is 13.2 Å². The standard InChI is InChI=1S/C25H24F4N4O2/c1-17-6-10-20(11-7-17)31-23(34)30-14-3-15-33(22-12-8-19(26)9-13-22)24(35)32-21-5-2-4-18(16-21)25(27,28)29/h2,4-13,16H,3,14-15H2,1H3,(H,32,35)(H2,30,31,34). The zero-order valence-corrected chi connectivity index (χ0v) is 18.8. The molecule has 3 rings (SSSR count). The lowest BCUT2D eigenvalue weighted by atomic mass is 10.2. The number of aryl methyl sites for hydroxylation is 1. The molecular weight excluding hydrogens is 464 g/mol. The number of anilines is 3. The van der Waals surface area contributed by atoms with E-state index in [1.807, 2.05) is 19.1 Å². The quantitative estimate of drug-likeness (QED) is 0.266. The van der Waals surface area contributed by atoms with Crippen LogP contribution in [0.2, 0.25) is 0 Å². The minimum absolute atomic E-state index is 0.0347. The molecule has 10 heteroatoms. The number of carbonyl (C=O) groups excluding carboxylic acids is 2. The summed E-state index contributed by atoms with van der Waals surface area (Å²) in [4.78, 5) is 26.2. The molecule has 3 aromatic rings. The fourth-order valence-electron chi connectivity index (χ4n) is 3.18. The summed E-state index contributed by atoms with van der Waals surface area (Å²) in [5.41, 5.74) is 1.10. The molecule has 0 aromatic heterocycles. The molecule has 0 bridgehead atoms. The molecule has 0 spiro atoms. The van der Waals surface area contributed by atoms with E-state index in [1.54, 1.807) is 12.1 Å². The Morgan fingerprint density at radius 3 is 2.23 bits per heavy atom. The van der Waals surface area contributed by atoms with Crippen molar-refractivity contribution in [2.24, 2.45) is 0 Å². The average Bonchev–Trinajstić information content (AvgIpc) is 2.81. The molecule has 0 aliphatic rings. The van der Waals surface area contributed by atoms with Gasteiger partial charge in [-0.1, -0.05) is 23.8 Å². The van der Waals surface area contributed by atoms with Crippen LogP contribution in [0.5, 0.6) is 0 Å². The molecule has 0 unspecified atom stereocenters. The predicted octanol–water partition coefficient (Wildman–Crippen LogP) is 6.40. The summed E-state index contributed by atoms with van der Waals surface area (Å²) in [6.07, 6.45) is -4.23. The van der Waals surface area contributed by atoms with Gasteiger partial charge in [-0.25, -0.2) is 14.0 Å². The van der Waals surface area contributed by atoms with E-state index in [4.69, 9.17) is 0 Å². The minimum atomic E-state index is -4.55. The van der Waals surface area contributed by atoms with Crippen LogP contribution in [-0.4, -0.2) is 25.2 Å². The second-order valence-corrected chi connectivity index (χ2v) is 7.74. The van der Waals surface area contributed by atoms with E-state index in [-0.39, 0.29) is 18.8 Å². The van der Waals surface area contributed by atoms with Crippen molar-refractivity contribution < 1.29 is 27.2 Å². The summed E-state index contributed by atoms with van der Waals surface area (Å²) in [5.74, 6) is -0.499. The van der Waals surface area contributed by atoms with Gasteiger partial charge in [-0.15, -0.1) is 0 Å². The number of nitrogens with one attached hydrogen (secondary N) is 3. The number of benzene rings is 3. The lowest BCUT2D eigenvalue weighted by molar-refractivity contribution is -0.137. The highest BCUT2D eigenvalue weighted by molar-refractivity contribution is 6.01. The first-order valence-corrected chi connectivity index (χ1v) is 10.7. The molecule has 0 fully saturated rings. The van der Waals surface area contributed by atoms with Crippen molar-refractivity contribution in [3.8, 4) is 0 Å². The van der Waals surface area contributed by atoms with Crippen LogP contribution in [-0.2, 0) is 6.18 Å². The fraction of sp³-hybridized carbons (Fsp3) is 0.200. The van der Waals surface area contributed by atoms with Gasteiger partial charge in [0.15, 0.2) is 0 Å². The van der Waals surface area contributed by atoms with Gasteiger partial charge in [0.1, 0.15) is 5.82 Å². The zero-order valence-electron chi connectivity index (χ0n) is 18.8. The number of hydrogen-bond acceptors (Lipinski definition) is 2. The summed E-state index contributed by atoms with van der Waals surface area (Å²) in [6, 6.07) is 15.5. The van der Waals surface area contributed by atoms with Crippen molar-refractivity contribution in [2.45, 2.75) is 19.5 Å². The monoisotopic (exact) mass is 488 g/mol. The largest absolute Gasteiger partial charge is 0.416 e. The molecule has 6 nitrogen and oxygen atoms in total. The molecule has 3 aromatic carbocycles. The Morgan fingerprint density at radius 1 is 0.886 bits per heavy atom. The number of amides is 4. The lowest BCUT2D eigenvalue weighted by Crippen LogP contribution is -2.38. The molecule has 0 saturated carbocycles. The molecule has 0 aliphatic carbocycles. The molecule has 0 heterocycles. The van der Waals surface area contributed by atoms with Gasteiger partial charge in [-0.3, -0.25) is 4.90 Å². The second kappa shape index (κ2) is 11.4. The van der Waals surface area contributed by atoms with E-state index in [1.165, 1.54) is 41.3 Å². The topological polar surface area (TPSA) is 73.5 Å². The van der Waals surface area contributed by atoms with Crippen LogP contribution in [0.15, 0.2) is 72.8 Å². The van der Waals surface area contributed by atoms with Crippen LogP contribution in [0.1, 0.15) is 17.5 Å². The smallest absolute Gasteiger partial charge is 0.338 e. The van der Waals surface area contributed by atoms with Crippen molar-refractivity contribution in [1.29, 1.82) is 0 Å². The number of alkyl halides is 3. The van der Waals surface area contributed by atoms with E-state index in [0.29, 0.717) is 17.8 Å². The summed E-state index contributed by atoms with van der Waals surface area (Å²) in [6.45, 7) is 2.26. The van der Waals surface area contributed by atoms with E-state index in [2.05, 4.69) is 16.0 Å². The Bertz CT molecular complexity index is 1150. The third kappa shape index (κ3) is 7.73. The number of nitrogens with zero attached hydrogens (tertiary/aromatic N) is 1. The first kappa shape index (κ1) is 25.5. The highest BCUT2D eigenvalue weighted by atomic mass is 19.4. The molecule has 0 aliphatic heterocycles. The summed E-state index contributed by atoms with van der Waals surface area (Å²) in [7, 11) is 0. The van der Waals surface area contributed by atoms with Gasteiger partial charge in [0.05, 0.1) is 5.56 Å². The van der Waals surface area contributed by atoms with E-state index in [9.17, 15) is 27.2 Å². The highest BCUT2D eigenvalue weighted by Crippen LogP contribution is 2.30. The first-order chi connectivity index (χ1) is 16.6. The van der Waals surface area contributed by atoms with Crippen molar-refractivity contribution >= 4 is 29.1 Å². The van der Waals surface area contributed by atoms with Gasteiger partial charge in [-0.05, 0) is 67.9 Å². The SMILES string of the molecule is Cc1ccc(NC(=O)NCCCN(C(=O)Nc2cccc(C(F)(F)F)c2)c2ccc(F)cc2)cc1. The summed E-state index contributed by atoms with van der Waals surface area (Å²) < 4.78 is 52.4. The second-order valence-electron chi connectivity index (χ2n) is 7.74. The number of urea groups is 2. The molecule has 35 heavy (non-hydrogen) atoms. The Hall–Kier alpha value is -4.08. The molecular formula is C25H24F4N4O2. The number of rotatable bonds is 7. The lowest BCUT2D eigenvalue weighted by Gasteiger charge is -2.23. The first-order valence-electron chi connectivity index (χ1n) is 10.7. The number of halogens is 4. The van der Waals surface area contributed by atoms with Crippen molar-refractivity contribution in [3.05, 3.63) is 89.7 Å². The predicted molar refractivity (Wildman–Crippen MR) is 127 cm³/mol. The van der Waals surface area contributed by atoms with E-state index < -0.39 is 29.6 Å². The van der Waals surface area contributed by atoms with Crippen molar-refractivity contribution in [3.63, 3.8) is 0 Å². The number of hydrogen-bond donors (Lipinski definition) is 3. The molecule has 184 valence electrons. The Morgan fingerprint density at radius 2 is 1.57 bits per heavy atom. The van der Waals surface area contributed by atoms with E-state index in [0.717, 1.165) is 17.7 Å². The van der Waals surface area contributed by atoms with Crippen molar-refractivity contribution in [1.82, 2.24) is 5.32 Å². The van der Waals surface area contributed by atoms with Crippen molar-refractivity contribution in [2.75, 3.05) is 28.6 Å². The molecule has 0 saturated heterocycles. The summed E-state index contributed by atoms with van der Waals surface area (Å²) >= 11 is 0. The minimum Gasteiger partial charge on any atom is -0.338 e. The maximum absolute atomic E-state index is 13.4. The maximum atomic E-state index is 13.4.